The molecule has 0 amide bonds. The molecular weight excluding hydrogens is 308 g/mol. The molecule has 104 valence electrons. The van der Waals surface area contributed by atoms with Gasteiger partial charge >= 0.3 is 0 Å². The lowest BCUT2D eigenvalue weighted by molar-refractivity contribution is 0.967. The Morgan fingerprint density at radius 2 is 2.19 bits per heavy atom. The third-order valence-electron chi connectivity index (χ3n) is 2.73. The van der Waals surface area contributed by atoms with E-state index in [1.54, 1.807) is 12.3 Å². The first-order valence-electron chi connectivity index (χ1n) is 5.94. The molecule has 21 heavy (non-hydrogen) atoms. The quantitative estimate of drug-likeness (QED) is 0.589. The van der Waals surface area contributed by atoms with Crippen molar-refractivity contribution in [1.29, 1.82) is 5.26 Å². The first kappa shape index (κ1) is 13.7. The van der Waals surface area contributed by atoms with Crippen LogP contribution in [0.2, 0.25) is 5.02 Å². The molecule has 0 unspecified atom stereocenters. The Morgan fingerprint density at radius 1 is 1.33 bits per heavy atom. The molecule has 0 atom stereocenters. The number of nitrogen functional groups attached to an aromatic ring is 1. The topological polar surface area (TPSA) is 92.9 Å². The normalized spacial score (nSPS) is 10.7. The molecule has 0 aliphatic carbocycles. The second kappa shape index (κ2) is 5.60. The number of thioether (sulfide) groups is 1. The van der Waals surface area contributed by atoms with Gasteiger partial charge in [-0.2, -0.15) is 5.26 Å². The fourth-order valence-electron chi connectivity index (χ4n) is 1.76. The first-order valence-corrected chi connectivity index (χ1v) is 7.30. The summed E-state index contributed by atoms with van der Waals surface area (Å²) in [4.78, 5) is 12.6. The zero-order valence-corrected chi connectivity index (χ0v) is 12.3. The molecule has 3 rings (SSSR count). The molecule has 2 N–H and O–H groups in total. The lowest BCUT2D eigenvalue weighted by atomic mass is 10.3. The number of nitrogens with zero attached hydrogens (tertiary/aromatic N) is 5. The van der Waals surface area contributed by atoms with E-state index in [1.807, 2.05) is 22.7 Å². The van der Waals surface area contributed by atoms with Gasteiger partial charge in [-0.05, 0) is 12.1 Å². The van der Waals surface area contributed by atoms with Crippen molar-refractivity contribution in [1.82, 2.24) is 19.4 Å². The maximum absolute atomic E-state index is 8.78. The largest absolute Gasteiger partial charge is 0.382 e. The molecule has 0 saturated heterocycles. The van der Waals surface area contributed by atoms with E-state index in [9.17, 15) is 0 Å². The van der Waals surface area contributed by atoms with Gasteiger partial charge in [-0.15, -0.1) is 0 Å². The number of halogens is 1. The number of fused-ring (bicyclic) bond motifs is 1. The lowest BCUT2D eigenvalue weighted by Gasteiger charge is -2.00. The van der Waals surface area contributed by atoms with Crippen LogP contribution in [0.5, 0.6) is 0 Å². The molecular formula is C13H9ClN6S. The van der Waals surface area contributed by atoms with Crippen molar-refractivity contribution in [3.8, 4) is 6.07 Å². The van der Waals surface area contributed by atoms with Crippen molar-refractivity contribution in [3.63, 3.8) is 0 Å². The van der Waals surface area contributed by atoms with Crippen molar-refractivity contribution < 1.29 is 0 Å². The van der Waals surface area contributed by atoms with Crippen LogP contribution in [0.1, 0.15) is 11.3 Å². The second-order valence-corrected chi connectivity index (χ2v) is 5.58. The molecule has 0 aliphatic rings. The Morgan fingerprint density at radius 3 is 2.95 bits per heavy atom. The average Bonchev–Trinajstić information content (AvgIpc) is 2.87. The molecule has 3 aromatic rings. The van der Waals surface area contributed by atoms with Gasteiger partial charge in [-0.1, -0.05) is 23.4 Å². The minimum absolute atomic E-state index is 0.191. The fourth-order valence-corrected chi connectivity index (χ4v) is 2.63. The van der Waals surface area contributed by atoms with Crippen LogP contribution >= 0.6 is 23.4 Å². The third-order valence-corrected chi connectivity index (χ3v) is 3.85. The fraction of sp³-hybridized carbons (Fsp3) is 0.0769. The molecule has 0 fully saturated rings. The molecule has 3 aromatic heterocycles. The smallest absolute Gasteiger partial charge is 0.189 e. The molecule has 8 heteroatoms. The number of aromatic nitrogens is 4. The van der Waals surface area contributed by atoms with E-state index in [1.165, 1.54) is 18.0 Å². The highest BCUT2D eigenvalue weighted by molar-refractivity contribution is 7.98. The number of anilines is 1. The Labute approximate surface area is 129 Å². The number of imidazole rings is 1. The van der Waals surface area contributed by atoms with Crippen LogP contribution in [0.3, 0.4) is 0 Å². The zero-order valence-electron chi connectivity index (χ0n) is 10.7. The summed E-state index contributed by atoms with van der Waals surface area (Å²) < 4.78 is 1.87. The number of hydrogen-bond acceptors (Lipinski definition) is 6. The Balaban J connectivity index is 1.77. The summed E-state index contributed by atoms with van der Waals surface area (Å²) in [6.45, 7) is 0. The van der Waals surface area contributed by atoms with Gasteiger partial charge in [0.2, 0.25) is 0 Å². The van der Waals surface area contributed by atoms with Crippen LogP contribution in [0.4, 0.5) is 5.82 Å². The molecule has 0 saturated carbocycles. The molecule has 0 bridgehead atoms. The number of nitriles is 1. The van der Waals surface area contributed by atoms with Crippen molar-refractivity contribution in [2.24, 2.45) is 0 Å². The number of pyridine rings is 1. The SMILES string of the molecule is N#Cc1cnc(SCc2cn3cc(Cl)ccc3n2)nc1N. The van der Waals surface area contributed by atoms with Crippen LogP contribution < -0.4 is 5.73 Å². The number of nitrogens with two attached hydrogens (primary N) is 1. The van der Waals surface area contributed by atoms with E-state index in [0.29, 0.717) is 15.9 Å². The van der Waals surface area contributed by atoms with Crippen molar-refractivity contribution >= 4 is 34.8 Å². The van der Waals surface area contributed by atoms with Crippen LogP contribution in [-0.4, -0.2) is 19.4 Å². The van der Waals surface area contributed by atoms with Crippen molar-refractivity contribution in [2.75, 3.05) is 5.73 Å². The Kier molecular flexibility index (Phi) is 3.64. The minimum atomic E-state index is 0.191. The Bertz CT molecular complexity index is 853. The predicted molar refractivity (Wildman–Crippen MR) is 80.9 cm³/mol. The Hall–Kier alpha value is -2.30. The second-order valence-electron chi connectivity index (χ2n) is 4.20. The van der Waals surface area contributed by atoms with Gasteiger partial charge in [0.1, 0.15) is 23.1 Å². The number of hydrogen-bond donors (Lipinski definition) is 1. The van der Waals surface area contributed by atoms with E-state index in [4.69, 9.17) is 22.6 Å². The molecule has 3 heterocycles. The van der Waals surface area contributed by atoms with E-state index in [-0.39, 0.29) is 11.4 Å². The summed E-state index contributed by atoms with van der Waals surface area (Å²) in [5.74, 6) is 0.793. The van der Waals surface area contributed by atoms with E-state index in [0.717, 1.165) is 11.3 Å². The zero-order chi connectivity index (χ0) is 14.8. The maximum atomic E-state index is 8.78. The average molecular weight is 317 g/mol. The summed E-state index contributed by atoms with van der Waals surface area (Å²) in [6, 6.07) is 5.58. The molecule has 0 spiro atoms. The summed E-state index contributed by atoms with van der Waals surface area (Å²) in [6.07, 6.45) is 5.13. The van der Waals surface area contributed by atoms with Gasteiger partial charge in [-0.3, -0.25) is 0 Å². The minimum Gasteiger partial charge on any atom is -0.382 e. The van der Waals surface area contributed by atoms with Crippen LogP contribution in [0.25, 0.3) is 5.65 Å². The molecule has 0 aromatic carbocycles. The molecule has 6 nitrogen and oxygen atoms in total. The summed E-state index contributed by atoms with van der Waals surface area (Å²) in [7, 11) is 0. The standard InChI is InChI=1S/C13H9ClN6S/c14-9-1-2-11-18-10(6-20(11)5-9)7-21-13-17-4-8(3-15)12(16)19-13/h1-2,4-6H,7H2,(H2,16,17,19). The van der Waals surface area contributed by atoms with Gasteiger partial charge in [0.05, 0.1) is 16.9 Å². The highest BCUT2D eigenvalue weighted by Gasteiger charge is 2.07. The van der Waals surface area contributed by atoms with Crippen LogP contribution in [0, 0.1) is 11.3 Å². The third kappa shape index (κ3) is 2.91. The van der Waals surface area contributed by atoms with Gasteiger partial charge < -0.3 is 10.1 Å². The van der Waals surface area contributed by atoms with Crippen LogP contribution in [-0.2, 0) is 5.75 Å². The van der Waals surface area contributed by atoms with Gasteiger partial charge in [0.25, 0.3) is 0 Å². The van der Waals surface area contributed by atoms with Gasteiger partial charge in [0.15, 0.2) is 5.16 Å². The maximum Gasteiger partial charge on any atom is 0.189 e. The molecule has 0 radical (unpaired) electrons. The summed E-state index contributed by atoms with van der Waals surface area (Å²) in [5.41, 5.74) is 7.65. The van der Waals surface area contributed by atoms with Crippen molar-refractivity contribution in [3.05, 3.63) is 47.0 Å². The molecule has 0 aliphatic heterocycles. The summed E-state index contributed by atoms with van der Waals surface area (Å²) in [5, 5.41) is 9.95. The van der Waals surface area contributed by atoms with E-state index in [2.05, 4.69) is 15.0 Å². The highest BCUT2D eigenvalue weighted by Crippen LogP contribution is 2.21. The predicted octanol–water partition coefficient (Wildman–Crippen LogP) is 2.52. The van der Waals surface area contributed by atoms with E-state index < -0.39 is 0 Å². The monoisotopic (exact) mass is 316 g/mol. The van der Waals surface area contributed by atoms with Crippen LogP contribution in [0.15, 0.2) is 35.9 Å². The first-order chi connectivity index (χ1) is 10.2. The lowest BCUT2D eigenvalue weighted by Crippen LogP contribution is -1.98. The van der Waals surface area contributed by atoms with Gasteiger partial charge in [-0.25, -0.2) is 15.0 Å². The number of rotatable bonds is 3. The summed E-state index contributed by atoms with van der Waals surface area (Å²) >= 11 is 7.34. The van der Waals surface area contributed by atoms with Crippen molar-refractivity contribution in [2.45, 2.75) is 10.9 Å². The van der Waals surface area contributed by atoms with Gasteiger partial charge in [0, 0.05) is 18.1 Å². The highest BCUT2D eigenvalue weighted by atomic mass is 35.5. The van der Waals surface area contributed by atoms with E-state index >= 15 is 0 Å².